The highest BCUT2D eigenvalue weighted by molar-refractivity contribution is 5.93. The molecule has 2 fully saturated rings. The number of methoxy groups -OCH3 is 2. The highest BCUT2D eigenvalue weighted by atomic mass is 19.1. The summed E-state index contributed by atoms with van der Waals surface area (Å²) in [6, 6.07) is 15.3. The van der Waals surface area contributed by atoms with Gasteiger partial charge in [-0.1, -0.05) is 6.07 Å². The number of hydrogen-bond acceptors (Lipinski definition) is 10. The van der Waals surface area contributed by atoms with Crippen molar-refractivity contribution in [3.8, 4) is 17.7 Å². The Bertz CT molecular complexity index is 1740. The first-order chi connectivity index (χ1) is 21.9. The van der Waals surface area contributed by atoms with E-state index in [1.807, 2.05) is 24.3 Å². The number of carbonyl (C=O) groups is 1. The second kappa shape index (κ2) is 13.1. The molecule has 0 radical (unpaired) electrons. The second-order valence-corrected chi connectivity index (χ2v) is 11.2. The molecule has 0 N–H and O–H groups in total. The van der Waals surface area contributed by atoms with E-state index in [0.717, 1.165) is 43.0 Å². The fourth-order valence-electron chi connectivity index (χ4n) is 5.74. The molecule has 2 atom stereocenters. The largest absolute Gasteiger partial charge is 0.496 e. The van der Waals surface area contributed by atoms with Gasteiger partial charge in [-0.3, -0.25) is 4.90 Å². The van der Waals surface area contributed by atoms with Gasteiger partial charge in [0, 0.05) is 50.5 Å². The van der Waals surface area contributed by atoms with Gasteiger partial charge >= 0.3 is 5.97 Å². The van der Waals surface area contributed by atoms with E-state index >= 15 is 0 Å². The van der Waals surface area contributed by atoms with Gasteiger partial charge in [0.05, 0.1) is 61.1 Å². The average Bonchev–Trinajstić information content (AvgIpc) is 3.42. The molecule has 4 heterocycles. The Labute approximate surface area is 260 Å². The van der Waals surface area contributed by atoms with Crippen LogP contribution in [0.25, 0.3) is 11.0 Å². The lowest BCUT2D eigenvalue weighted by atomic mass is 10.1. The minimum Gasteiger partial charge on any atom is -0.496 e. The number of halogens is 1. The van der Waals surface area contributed by atoms with Gasteiger partial charge < -0.3 is 28.4 Å². The van der Waals surface area contributed by atoms with Crippen LogP contribution in [0.3, 0.4) is 0 Å². The fourth-order valence-corrected chi connectivity index (χ4v) is 5.74. The first kappa shape index (κ1) is 30.3. The van der Waals surface area contributed by atoms with E-state index in [4.69, 9.17) is 34.2 Å². The molecular formula is C33H35FN6O5. The number of pyridine rings is 1. The number of ether oxygens (including phenoxy) is 4. The highest BCUT2D eigenvalue weighted by Crippen LogP contribution is 2.31. The Morgan fingerprint density at radius 2 is 1.91 bits per heavy atom. The maximum Gasteiger partial charge on any atom is 0.337 e. The molecule has 0 amide bonds. The van der Waals surface area contributed by atoms with Crippen LogP contribution in [0, 0.1) is 17.1 Å². The molecule has 45 heavy (non-hydrogen) atoms. The summed E-state index contributed by atoms with van der Waals surface area (Å²) >= 11 is 0. The summed E-state index contributed by atoms with van der Waals surface area (Å²) in [5, 5.41) is 8.99. The Morgan fingerprint density at radius 1 is 1.11 bits per heavy atom. The number of nitriles is 1. The molecule has 11 nitrogen and oxygen atoms in total. The monoisotopic (exact) mass is 614 g/mol. The normalized spacial score (nSPS) is 17.4. The third-order valence-electron chi connectivity index (χ3n) is 8.49. The maximum absolute atomic E-state index is 14.4. The van der Waals surface area contributed by atoms with Crippen molar-refractivity contribution in [2.24, 2.45) is 0 Å². The summed E-state index contributed by atoms with van der Waals surface area (Å²) in [4.78, 5) is 26.5. The highest BCUT2D eigenvalue weighted by Gasteiger charge is 2.29. The zero-order chi connectivity index (χ0) is 31.5. The molecule has 234 valence electrons. The van der Waals surface area contributed by atoms with Crippen molar-refractivity contribution in [3.05, 3.63) is 76.9 Å². The first-order valence-electron chi connectivity index (χ1n) is 14.9. The molecule has 6 rings (SSSR count). The van der Waals surface area contributed by atoms with Gasteiger partial charge in [-0.05, 0) is 43.7 Å². The van der Waals surface area contributed by atoms with Crippen LogP contribution in [-0.4, -0.2) is 78.5 Å². The minimum atomic E-state index is -0.500. The van der Waals surface area contributed by atoms with Crippen LogP contribution in [0.15, 0.2) is 48.5 Å². The summed E-state index contributed by atoms with van der Waals surface area (Å²) in [6.07, 6.45) is 1.11. The van der Waals surface area contributed by atoms with E-state index in [1.54, 1.807) is 31.4 Å². The van der Waals surface area contributed by atoms with Crippen LogP contribution in [0.2, 0.25) is 0 Å². The Kier molecular flexibility index (Phi) is 8.82. The van der Waals surface area contributed by atoms with Gasteiger partial charge in [0.1, 0.15) is 29.8 Å². The summed E-state index contributed by atoms with van der Waals surface area (Å²) in [7, 11) is 2.96. The first-order valence-corrected chi connectivity index (χ1v) is 14.9. The van der Waals surface area contributed by atoms with Crippen LogP contribution in [0.5, 0.6) is 11.6 Å². The average molecular weight is 615 g/mol. The van der Waals surface area contributed by atoms with Crippen LogP contribution in [0.1, 0.15) is 46.7 Å². The summed E-state index contributed by atoms with van der Waals surface area (Å²) in [6.45, 7) is 6.52. The molecule has 4 aromatic rings. The van der Waals surface area contributed by atoms with Crippen molar-refractivity contribution in [3.63, 3.8) is 0 Å². The quantitative estimate of drug-likeness (QED) is 0.237. The lowest BCUT2D eigenvalue weighted by molar-refractivity contribution is -0.0594. The van der Waals surface area contributed by atoms with Crippen molar-refractivity contribution in [2.75, 3.05) is 51.9 Å². The number of carbonyl (C=O) groups excluding carboxylic acids is 1. The van der Waals surface area contributed by atoms with Crippen molar-refractivity contribution >= 4 is 22.8 Å². The zero-order valence-corrected chi connectivity index (χ0v) is 25.5. The lowest BCUT2D eigenvalue weighted by Gasteiger charge is -2.38. The zero-order valence-electron chi connectivity index (χ0n) is 25.5. The number of piperazine rings is 1. The van der Waals surface area contributed by atoms with E-state index in [9.17, 15) is 9.18 Å². The summed E-state index contributed by atoms with van der Waals surface area (Å²) in [5.74, 6) is 1.67. The third kappa shape index (κ3) is 6.41. The number of hydrogen-bond donors (Lipinski definition) is 0. The van der Waals surface area contributed by atoms with Crippen molar-refractivity contribution in [2.45, 2.75) is 38.6 Å². The molecule has 1 unspecified atom stereocenters. The molecule has 2 aromatic heterocycles. The Hall–Kier alpha value is -4.73. The predicted octanol–water partition coefficient (Wildman–Crippen LogP) is 4.49. The second-order valence-electron chi connectivity index (χ2n) is 11.2. The Balaban J connectivity index is 1.17. The standard InChI is InChI=1S/C33H35FN6O5/c1-21(32-36-28-7-6-23(33(41)43-3)15-29(28)40(32)19-25-8-13-44-25)38-9-11-39(12-10-38)30-16-26(42-2)17-31(37-30)45-20-24-5-4-22(18-35)14-27(24)34/h4-7,14-17,21,25H,8-13,19-20H2,1-3H3/t21-,25?/m0/s1. The van der Waals surface area contributed by atoms with Crippen LogP contribution in [-0.2, 0) is 22.6 Å². The van der Waals surface area contributed by atoms with Crippen molar-refractivity contribution in [1.82, 2.24) is 19.4 Å². The molecule has 2 aliphatic rings. The van der Waals surface area contributed by atoms with Gasteiger partial charge in [0.2, 0.25) is 5.88 Å². The van der Waals surface area contributed by atoms with E-state index in [0.29, 0.717) is 48.2 Å². The molecule has 0 spiro atoms. The van der Waals surface area contributed by atoms with Crippen molar-refractivity contribution in [1.29, 1.82) is 5.26 Å². The number of fused-ring (bicyclic) bond motifs is 1. The topological polar surface area (TPSA) is 115 Å². The van der Waals surface area contributed by atoms with Gasteiger partial charge in [-0.2, -0.15) is 10.2 Å². The SMILES string of the molecule is COC(=O)c1ccc2nc([C@H](C)N3CCN(c4cc(OC)cc(OCc5ccc(C#N)cc5F)n4)CC3)n(CC3CCO3)c2c1. The number of rotatable bonds is 10. The smallest absolute Gasteiger partial charge is 0.337 e. The molecule has 2 aliphatic heterocycles. The molecule has 2 saturated heterocycles. The van der Waals surface area contributed by atoms with Gasteiger partial charge in [0.15, 0.2) is 0 Å². The van der Waals surface area contributed by atoms with Crippen LogP contribution >= 0.6 is 0 Å². The molecule has 2 aromatic carbocycles. The van der Waals surface area contributed by atoms with E-state index in [2.05, 4.69) is 21.3 Å². The van der Waals surface area contributed by atoms with Crippen molar-refractivity contribution < 1.29 is 28.1 Å². The lowest BCUT2D eigenvalue weighted by Crippen LogP contribution is -2.48. The van der Waals surface area contributed by atoms with Gasteiger partial charge in [-0.15, -0.1) is 0 Å². The number of anilines is 1. The van der Waals surface area contributed by atoms with Gasteiger partial charge in [-0.25, -0.2) is 14.2 Å². The number of imidazole rings is 1. The van der Waals surface area contributed by atoms with Crippen LogP contribution < -0.4 is 14.4 Å². The number of aromatic nitrogens is 3. The summed E-state index contributed by atoms with van der Waals surface area (Å²) in [5.41, 5.74) is 2.80. The molecule has 12 heteroatoms. The Morgan fingerprint density at radius 3 is 2.58 bits per heavy atom. The number of esters is 1. The fraction of sp³-hybridized carbons (Fsp3) is 0.394. The van der Waals surface area contributed by atoms with E-state index in [1.165, 1.54) is 13.2 Å². The van der Waals surface area contributed by atoms with Gasteiger partial charge in [0.25, 0.3) is 0 Å². The maximum atomic E-state index is 14.4. The molecular weight excluding hydrogens is 579 g/mol. The van der Waals surface area contributed by atoms with E-state index in [-0.39, 0.29) is 30.3 Å². The third-order valence-corrected chi connectivity index (χ3v) is 8.49. The predicted molar refractivity (Wildman–Crippen MR) is 164 cm³/mol. The van der Waals surface area contributed by atoms with E-state index < -0.39 is 5.82 Å². The van der Waals surface area contributed by atoms with Crippen LogP contribution in [0.4, 0.5) is 10.2 Å². The number of benzene rings is 2. The molecule has 0 aliphatic carbocycles. The molecule has 0 bridgehead atoms. The number of nitrogens with zero attached hydrogens (tertiary/aromatic N) is 6. The minimum absolute atomic E-state index is 0.0145. The summed E-state index contributed by atoms with van der Waals surface area (Å²) < 4.78 is 38.7. The molecule has 0 saturated carbocycles.